The second kappa shape index (κ2) is 6.61. The molecule has 4 rings (SSSR count). The number of carbonyl (C=O) groups is 1. The summed E-state index contributed by atoms with van der Waals surface area (Å²) in [6.45, 7) is 8.23. The number of allylic oxidation sites excluding steroid dienone is 2. The summed E-state index contributed by atoms with van der Waals surface area (Å²) < 4.78 is 6.29. The van der Waals surface area contributed by atoms with Crippen LogP contribution >= 0.6 is 0 Å². The van der Waals surface area contributed by atoms with E-state index >= 15 is 0 Å². The van der Waals surface area contributed by atoms with Crippen LogP contribution in [0.5, 0.6) is 11.5 Å². The van der Waals surface area contributed by atoms with Crippen molar-refractivity contribution in [3.8, 4) is 11.5 Å². The molecule has 148 valence electrons. The van der Waals surface area contributed by atoms with Gasteiger partial charge in [-0.1, -0.05) is 16.9 Å². The lowest BCUT2D eigenvalue weighted by molar-refractivity contribution is 0.0107. The maximum absolute atomic E-state index is 12.8. The van der Waals surface area contributed by atoms with E-state index in [4.69, 9.17) is 4.74 Å². The van der Waals surface area contributed by atoms with Gasteiger partial charge in [0.1, 0.15) is 17.1 Å². The molecule has 3 N–H and O–H groups in total. The van der Waals surface area contributed by atoms with Crippen molar-refractivity contribution in [2.75, 3.05) is 0 Å². The summed E-state index contributed by atoms with van der Waals surface area (Å²) in [4.78, 5) is 12.8. The molecule has 2 atom stereocenters. The molecule has 8 nitrogen and oxygen atoms in total. The number of aromatic amines is 1. The van der Waals surface area contributed by atoms with E-state index in [0.29, 0.717) is 22.7 Å². The SMILES string of the molecule is CC1=CC2c3c(cc(C)c(C(=O)NCc4nn[nH]n4)c3O)OC(C)(C)C2CC1. The Morgan fingerprint density at radius 2 is 2.21 bits per heavy atom. The molecule has 2 aromatic rings. The van der Waals surface area contributed by atoms with Gasteiger partial charge in [-0.05, 0) is 52.2 Å². The van der Waals surface area contributed by atoms with E-state index in [1.807, 2.05) is 6.07 Å². The number of H-pyrrole nitrogens is 1. The number of aromatic hydroxyl groups is 1. The number of ether oxygens (including phenoxy) is 1. The Bertz CT molecular complexity index is 949. The van der Waals surface area contributed by atoms with E-state index in [9.17, 15) is 9.90 Å². The molecule has 2 aliphatic rings. The number of amides is 1. The van der Waals surface area contributed by atoms with Gasteiger partial charge < -0.3 is 15.2 Å². The van der Waals surface area contributed by atoms with Crippen LogP contribution in [0.25, 0.3) is 0 Å². The zero-order chi connectivity index (χ0) is 20.1. The molecule has 0 radical (unpaired) electrons. The summed E-state index contributed by atoms with van der Waals surface area (Å²) in [6.07, 6.45) is 4.23. The average Bonchev–Trinajstić information content (AvgIpc) is 3.12. The fraction of sp³-hybridized carbons (Fsp3) is 0.500. The number of benzene rings is 1. The fourth-order valence-electron chi connectivity index (χ4n) is 4.48. The molecule has 0 saturated carbocycles. The van der Waals surface area contributed by atoms with Gasteiger partial charge in [0.2, 0.25) is 0 Å². The molecular formula is C20H25N5O3. The van der Waals surface area contributed by atoms with Crippen molar-refractivity contribution in [1.82, 2.24) is 25.9 Å². The second-order valence-corrected chi connectivity index (χ2v) is 8.23. The lowest BCUT2D eigenvalue weighted by atomic mass is 9.67. The largest absolute Gasteiger partial charge is 0.507 e. The topological polar surface area (TPSA) is 113 Å². The normalized spacial score (nSPS) is 22.5. The predicted octanol–water partition coefficient (Wildman–Crippen LogP) is 2.75. The number of rotatable bonds is 3. The van der Waals surface area contributed by atoms with Crippen LogP contribution in [-0.4, -0.2) is 37.2 Å². The lowest BCUT2D eigenvalue weighted by Crippen LogP contribution is -2.45. The van der Waals surface area contributed by atoms with Gasteiger partial charge in [-0.3, -0.25) is 4.79 Å². The number of hydrogen-bond acceptors (Lipinski definition) is 6. The summed E-state index contributed by atoms with van der Waals surface area (Å²) >= 11 is 0. The van der Waals surface area contributed by atoms with Gasteiger partial charge in [-0.2, -0.15) is 5.21 Å². The highest BCUT2D eigenvalue weighted by atomic mass is 16.5. The van der Waals surface area contributed by atoms with Crippen LogP contribution in [0.2, 0.25) is 0 Å². The van der Waals surface area contributed by atoms with Crippen molar-refractivity contribution in [2.24, 2.45) is 5.92 Å². The zero-order valence-electron chi connectivity index (χ0n) is 16.5. The Balaban J connectivity index is 1.74. The number of nitrogens with one attached hydrogen (secondary N) is 2. The minimum Gasteiger partial charge on any atom is -0.507 e. The molecule has 1 aliphatic heterocycles. The minimum atomic E-state index is -0.375. The average molecular weight is 383 g/mol. The van der Waals surface area contributed by atoms with E-state index < -0.39 is 0 Å². The van der Waals surface area contributed by atoms with E-state index in [1.54, 1.807) is 6.92 Å². The van der Waals surface area contributed by atoms with Crippen molar-refractivity contribution in [2.45, 2.75) is 58.6 Å². The van der Waals surface area contributed by atoms with Crippen molar-refractivity contribution >= 4 is 5.91 Å². The smallest absolute Gasteiger partial charge is 0.255 e. The Morgan fingerprint density at radius 1 is 1.43 bits per heavy atom. The Labute approximate surface area is 163 Å². The first-order chi connectivity index (χ1) is 13.3. The Kier molecular flexibility index (Phi) is 4.36. The van der Waals surface area contributed by atoms with Gasteiger partial charge in [0, 0.05) is 17.4 Å². The van der Waals surface area contributed by atoms with Crippen LogP contribution in [0, 0.1) is 12.8 Å². The molecule has 1 aliphatic carbocycles. The second-order valence-electron chi connectivity index (χ2n) is 8.23. The molecule has 0 fully saturated rings. The first-order valence-corrected chi connectivity index (χ1v) is 9.51. The molecule has 1 aromatic carbocycles. The van der Waals surface area contributed by atoms with Crippen LogP contribution in [0.3, 0.4) is 0 Å². The summed E-state index contributed by atoms with van der Waals surface area (Å²) in [5.41, 5.74) is 2.59. The third kappa shape index (κ3) is 3.02. The highest BCUT2D eigenvalue weighted by Gasteiger charge is 2.46. The van der Waals surface area contributed by atoms with Crippen molar-refractivity contribution in [3.63, 3.8) is 0 Å². The van der Waals surface area contributed by atoms with Gasteiger partial charge in [0.15, 0.2) is 5.82 Å². The van der Waals surface area contributed by atoms with Crippen LogP contribution in [0.1, 0.15) is 66.8 Å². The number of fused-ring (bicyclic) bond motifs is 3. The molecule has 0 spiro atoms. The lowest BCUT2D eigenvalue weighted by Gasteiger charge is -2.46. The van der Waals surface area contributed by atoms with Gasteiger partial charge >= 0.3 is 0 Å². The molecule has 1 aromatic heterocycles. The number of carbonyl (C=O) groups excluding carboxylic acids is 1. The fourth-order valence-corrected chi connectivity index (χ4v) is 4.48. The van der Waals surface area contributed by atoms with Crippen molar-refractivity contribution in [1.29, 1.82) is 0 Å². The molecule has 2 heterocycles. The van der Waals surface area contributed by atoms with Gasteiger partial charge in [-0.15, -0.1) is 10.2 Å². The van der Waals surface area contributed by atoms with Crippen LogP contribution in [-0.2, 0) is 6.54 Å². The third-order valence-corrected chi connectivity index (χ3v) is 5.87. The number of phenolic OH excluding ortho intramolecular Hbond substituents is 1. The number of tetrazole rings is 1. The molecule has 1 amide bonds. The number of nitrogens with zero attached hydrogens (tertiary/aromatic N) is 3. The maximum atomic E-state index is 12.8. The molecule has 28 heavy (non-hydrogen) atoms. The molecule has 0 bridgehead atoms. The number of aromatic nitrogens is 4. The van der Waals surface area contributed by atoms with Gasteiger partial charge in [0.05, 0.1) is 12.1 Å². The maximum Gasteiger partial charge on any atom is 0.255 e. The summed E-state index contributed by atoms with van der Waals surface area (Å²) in [7, 11) is 0. The molecule has 2 unspecified atom stereocenters. The van der Waals surface area contributed by atoms with Crippen molar-refractivity contribution < 1.29 is 14.6 Å². The Morgan fingerprint density at radius 3 is 2.93 bits per heavy atom. The van der Waals surface area contributed by atoms with Gasteiger partial charge in [0.25, 0.3) is 5.91 Å². The summed E-state index contributed by atoms with van der Waals surface area (Å²) in [6, 6.07) is 1.86. The number of phenols is 1. The van der Waals surface area contributed by atoms with E-state index in [2.05, 4.69) is 52.8 Å². The third-order valence-electron chi connectivity index (χ3n) is 5.87. The van der Waals surface area contributed by atoms with E-state index in [1.165, 1.54) is 5.57 Å². The number of aryl methyl sites for hydroxylation is 1. The number of hydrogen-bond donors (Lipinski definition) is 3. The quantitative estimate of drug-likeness (QED) is 0.703. The zero-order valence-corrected chi connectivity index (χ0v) is 16.5. The predicted molar refractivity (Wildman–Crippen MR) is 102 cm³/mol. The van der Waals surface area contributed by atoms with E-state index in [-0.39, 0.29) is 41.2 Å². The van der Waals surface area contributed by atoms with Gasteiger partial charge in [-0.25, -0.2) is 0 Å². The van der Waals surface area contributed by atoms with E-state index in [0.717, 1.165) is 12.8 Å². The standard InChI is InChI=1S/C20H25N5O3/c1-10-5-6-13-12(7-10)17-14(28-20(13,3)4)8-11(2)16(18(17)26)19(27)21-9-15-22-24-25-23-15/h7-8,12-13,26H,5-6,9H2,1-4H3,(H,21,27)(H,22,23,24,25). The minimum absolute atomic E-state index is 0.00272. The molecule has 0 saturated heterocycles. The van der Waals surface area contributed by atoms with Crippen LogP contribution < -0.4 is 10.1 Å². The highest BCUT2D eigenvalue weighted by molar-refractivity contribution is 5.99. The highest BCUT2D eigenvalue weighted by Crippen LogP contribution is 2.54. The van der Waals surface area contributed by atoms with Crippen LogP contribution in [0.4, 0.5) is 0 Å². The Hall–Kier alpha value is -2.90. The first-order valence-electron chi connectivity index (χ1n) is 9.51. The monoisotopic (exact) mass is 383 g/mol. The van der Waals surface area contributed by atoms with Crippen LogP contribution in [0.15, 0.2) is 17.7 Å². The summed E-state index contributed by atoms with van der Waals surface area (Å²) in [5, 5.41) is 27.3. The first kappa shape index (κ1) is 18.5. The molecule has 8 heteroatoms. The van der Waals surface area contributed by atoms with Crippen molar-refractivity contribution in [3.05, 3.63) is 40.2 Å². The molecular weight excluding hydrogens is 358 g/mol. The summed E-state index contributed by atoms with van der Waals surface area (Å²) in [5.74, 6) is 0.920.